The fourth-order valence-corrected chi connectivity index (χ4v) is 2.02. The predicted molar refractivity (Wildman–Crippen MR) is 80.5 cm³/mol. The van der Waals surface area contributed by atoms with Gasteiger partial charge in [0.25, 0.3) is 5.91 Å². The maximum atomic E-state index is 12.2. The van der Waals surface area contributed by atoms with Crippen molar-refractivity contribution in [2.75, 3.05) is 20.2 Å². The Balaban J connectivity index is 2.01. The molecule has 6 nitrogen and oxygen atoms in total. The zero-order chi connectivity index (χ0) is 15.2. The minimum absolute atomic E-state index is 0.0459. The standard InChI is InChI=1S/C15H19N3O3/c1-10(19)13(14-16-7-8-17-14)15(20)18-9-11-3-5-12(21-2)6-4-11/h3-6,19H,7-9H2,1-2H3,(H,16,17)(H,18,20)/b13-10-. The van der Waals surface area contributed by atoms with Crippen LogP contribution in [0.5, 0.6) is 5.75 Å². The fourth-order valence-electron chi connectivity index (χ4n) is 2.02. The molecule has 0 aromatic heterocycles. The smallest absolute Gasteiger partial charge is 0.258 e. The van der Waals surface area contributed by atoms with Gasteiger partial charge in [-0.2, -0.15) is 0 Å². The molecule has 0 radical (unpaired) electrons. The van der Waals surface area contributed by atoms with Crippen LogP contribution in [0.2, 0.25) is 0 Å². The molecular formula is C15H19N3O3. The minimum Gasteiger partial charge on any atom is -0.512 e. The molecule has 0 atom stereocenters. The van der Waals surface area contributed by atoms with Crippen LogP contribution in [0.1, 0.15) is 12.5 Å². The molecule has 112 valence electrons. The molecule has 1 aliphatic rings. The summed E-state index contributed by atoms with van der Waals surface area (Å²) >= 11 is 0. The highest BCUT2D eigenvalue weighted by atomic mass is 16.5. The molecule has 0 saturated heterocycles. The monoisotopic (exact) mass is 289 g/mol. The summed E-state index contributed by atoms with van der Waals surface area (Å²) in [7, 11) is 1.60. The van der Waals surface area contributed by atoms with Gasteiger partial charge >= 0.3 is 0 Å². The lowest BCUT2D eigenvalue weighted by atomic mass is 10.1. The summed E-state index contributed by atoms with van der Waals surface area (Å²) in [5, 5.41) is 15.5. The van der Waals surface area contributed by atoms with E-state index in [9.17, 15) is 9.90 Å². The number of carbonyl (C=O) groups is 1. The Morgan fingerprint density at radius 3 is 2.67 bits per heavy atom. The summed E-state index contributed by atoms with van der Waals surface area (Å²) in [5.41, 5.74) is 1.14. The number of nitrogens with one attached hydrogen (secondary N) is 2. The average molecular weight is 289 g/mol. The number of amides is 1. The highest BCUT2D eigenvalue weighted by molar-refractivity contribution is 6.21. The molecule has 1 aromatic carbocycles. The van der Waals surface area contributed by atoms with Gasteiger partial charge in [0.05, 0.1) is 13.7 Å². The highest BCUT2D eigenvalue weighted by Gasteiger charge is 2.21. The van der Waals surface area contributed by atoms with E-state index in [1.165, 1.54) is 6.92 Å². The first-order valence-electron chi connectivity index (χ1n) is 6.71. The second kappa shape index (κ2) is 6.78. The molecule has 0 aliphatic carbocycles. The number of aliphatic hydroxyl groups is 1. The number of hydrogen-bond donors (Lipinski definition) is 3. The molecular weight excluding hydrogens is 270 g/mol. The van der Waals surface area contributed by atoms with E-state index in [1.54, 1.807) is 7.11 Å². The highest BCUT2D eigenvalue weighted by Crippen LogP contribution is 2.12. The fraction of sp³-hybridized carbons (Fsp3) is 0.333. The zero-order valence-corrected chi connectivity index (χ0v) is 12.1. The van der Waals surface area contributed by atoms with E-state index < -0.39 is 0 Å². The van der Waals surface area contributed by atoms with E-state index in [4.69, 9.17) is 4.74 Å². The molecule has 1 aromatic rings. The summed E-state index contributed by atoms with van der Waals surface area (Å²) in [6.07, 6.45) is 0. The summed E-state index contributed by atoms with van der Waals surface area (Å²) in [6.45, 7) is 3.13. The van der Waals surface area contributed by atoms with Gasteiger partial charge in [0.15, 0.2) is 0 Å². The first-order valence-corrected chi connectivity index (χ1v) is 6.71. The molecule has 0 unspecified atom stereocenters. The van der Waals surface area contributed by atoms with Crippen molar-refractivity contribution in [3.05, 3.63) is 41.2 Å². The van der Waals surface area contributed by atoms with Gasteiger partial charge in [-0.05, 0) is 24.6 Å². The van der Waals surface area contributed by atoms with Crippen LogP contribution in [0, 0.1) is 0 Å². The van der Waals surface area contributed by atoms with E-state index in [1.807, 2.05) is 24.3 Å². The van der Waals surface area contributed by atoms with Gasteiger partial charge in [0, 0.05) is 13.1 Å². The van der Waals surface area contributed by atoms with Crippen LogP contribution >= 0.6 is 0 Å². The molecule has 1 amide bonds. The van der Waals surface area contributed by atoms with Crippen LogP contribution in [0.25, 0.3) is 0 Å². The average Bonchev–Trinajstić information content (AvgIpc) is 2.99. The number of carbonyl (C=O) groups excluding carboxylic acids is 1. The van der Waals surface area contributed by atoms with Gasteiger partial charge < -0.3 is 20.5 Å². The maximum Gasteiger partial charge on any atom is 0.258 e. The molecule has 1 heterocycles. The Morgan fingerprint density at radius 1 is 1.43 bits per heavy atom. The Morgan fingerprint density at radius 2 is 2.14 bits per heavy atom. The third-order valence-electron chi connectivity index (χ3n) is 3.11. The maximum absolute atomic E-state index is 12.2. The van der Waals surface area contributed by atoms with E-state index >= 15 is 0 Å². The van der Waals surface area contributed by atoms with Crippen LogP contribution in [-0.2, 0) is 11.3 Å². The van der Waals surface area contributed by atoms with Crippen molar-refractivity contribution in [1.29, 1.82) is 0 Å². The van der Waals surface area contributed by atoms with Crippen molar-refractivity contribution < 1.29 is 14.6 Å². The Bertz CT molecular complexity index is 572. The summed E-state index contributed by atoms with van der Waals surface area (Å²) in [4.78, 5) is 16.4. The molecule has 3 N–H and O–H groups in total. The first kappa shape index (κ1) is 14.9. The van der Waals surface area contributed by atoms with E-state index in [0.29, 0.717) is 25.5 Å². The second-order valence-electron chi connectivity index (χ2n) is 4.65. The Labute approximate surface area is 123 Å². The van der Waals surface area contributed by atoms with Gasteiger partial charge in [-0.15, -0.1) is 0 Å². The van der Waals surface area contributed by atoms with Crippen LogP contribution in [-0.4, -0.2) is 37.0 Å². The number of aliphatic imine (C=N–C) groups is 1. The summed E-state index contributed by atoms with van der Waals surface area (Å²) in [5.74, 6) is 0.818. The third kappa shape index (κ3) is 3.75. The lowest BCUT2D eigenvalue weighted by Crippen LogP contribution is -2.33. The zero-order valence-electron chi connectivity index (χ0n) is 12.1. The van der Waals surface area contributed by atoms with Crippen LogP contribution in [0.3, 0.4) is 0 Å². The molecule has 6 heteroatoms. The lowest BCUT2D eigenvalue weighted by molar-refractivity contribution is -0.117. The summed E-state index contributed by atoms with van der Waals surface area (Å²) in [6, 6.07) is 7.41. The molecule has 0 bridgehead atoms. The van der Waals surface area contributed by atoms with Gasteiger partial charge in [-0.25, -0.2) is 0 Å². The summed E-state index contributed by atoms with van der Waals surface area (Å²) < 4.78 is 5.08. The number of allylic oxidation sites excluding steroid dienone is 1. The first-order chi connectivity index (χ1) is 10.1. The van der Waals surface area contributed by atoms with E-state index in [-0.39, 0.29) is 17.2 Å². The molecule has 1 aliphatic heterocycles. The topological polar surface area (TPSA) is 83.0 Å². The number of rotatable bonds is 5. The molecule has 0 spiro atoms. The van der Waals surface area contributed by atoms with Crippen molar-refractivity contribution in [2.24, 2.45) is 4.99 Å². The molecule has 0 saturated carbocycles. The van der Waals surface area contributed by atoms with Gasteiger partial charge in [-0.3, -0.25) is 9.79 Å². The lowest BCUT2D eigenvalue weighted by Gasteiger charge is -2.11. The molecule has 21 heavy (non-hydrogen) atoms. The van der Waals surface area contributed by atoms with E-state index in [2.05, 4.69) is 15.6 Å². The number of nitrogens with zero attached hydrogens (tertiary/aromatic N) is 1. The van der Waals surface area contributed by atoms with Crippen LogP contribution < -0.4 is 15.4 Å². The normalized spacial score (nSPS) is 14.9. The largest absolute Gasteiger partial charge is 0.512 e. The van der Waals surface area contributed by atoms with Crippen molar-refractivity contribution in [3.63, 3.8) is 0 Å². The van der Waals surface area contributed by atoms with Crippen LogP contribution in [0.15, 0.2) is 40.6 Å². The minimum atomic E-state index is -0.348. The molecule has 2 rings (SSSR count). The number of aliphatic hydroxyl groups excluding tert-OH is 1. The van der Waals surface area contributed by atoms with Crippen molar-refractivity contribution >= 4 is 11.7 Å². The third-order valence-corrected chi connectivity index (χ3v) is 3.11. The number of ether oxygens (including phenoxy) is 1. The number of hydrogen-bond acceptors (Lipinski definition) is 5. The van der Waals surface area contributed by atoms with Crippen molar-refractivity contribution in [3.8, 4) is 5.75 Å². The second-order valence-corrected chi connectivity index (χ2v) is 4.65. The van der Waals surface area contributed by atoms with Crippen molar-refractivity contribution in [2.45, 2.75) is 13.5 Å². The van der Waals surface area contributed by atoms with Gasteiger partial charge in [0.2, 0.25) is 0 Å². The Hall–Kier alpha value is -2.50. The number of methoxy groups -OCH3 is 1. The predicted octanol–water partition coefficient (Wildman–Crippen LogP) is 1.15. The van der Waals surface area contributed by atoms with Gasteiger partial charge in [0.1, 0.15) is 22.9 Å². The molecule has 0 fully saturated rings. The quantitative estimate of drug-likeness (QED) is 0.561. The van der Waals surface area contributed by atoms with Gasteiger partial charge in [-0.1, -0.05) is 12.1 Å². The van der Waals surface area contributed by atoms with E-state index in [0.717, 1.165) is 11.3 Å². The SMILES string of the molecule is COc1ccc(CNC(=O)/C(C2=NCCN2)=C(/C)O)cc1. The van der Waals surface area contributed by atoms with Crippen molar-refractivity contribution in [1.82, 2.24) is 10.6 Å². The Kier molecular flexibility index (Phi) is 4.81. The van der Waals surface area contributed by atoms with Crippen LogP contribution in [0.4, 0.5) is 0 Å². The number of benzene rings is 1. The number of amidine groups is 1.